The fourth-order valence-electron chi connectivity index (χ4n) is 2.57. The van der Waals surface area contributed by atoms with Gasteiger partial charge in [0, 0.05) is 16.8 Å². The van der Waals surface area contributed by atoms with Crippen molar-refractivity contribution in [3.8, 4) is 0 Å². The summed E-state index contributed by atoms with van der Waals surface area (Å²) in [6.45, 7) is 2.29. The molecular formula is C15H19BrO. The van der Waals surface area contributed by atoms with Gasteiger partial charge < -0.3 is 0 Å². The molecule has 0 heterocycles. The maximum Gasteiger partial charge on any atom is 0.140 e. The number of ketones is 1. The van der Waals surface area contributed by atoms with Gasteiger partial charge in [0.2, 0.25) is 0 Å². The minimum atomic E-state index is 0.310. The van der Waals surface area contributed by atoms with Crippen molar-refractivity contribution in [3.05, 3.63) is 34.3 Å². The third kappa shape index (κ3) is 3.67. The summed E-state index contributed by atoms with van der Waals surface area (Å²) >= 11 is 3.44. The zero-order valence-corrected chi connectivity index (χ0v) is 11.9. The third-order valence-electron chi connectivity index (χ3n) is 3.74. The fourth-order valence-corrected chi connectivity index (χ4v) is 3.02. The lowest BCUT2D eigenvalue weighted by atomic mass is 9.80. The van der Waals surface area contributed by atoms with Crippen molar-refractivity contribution in [2.24, 2.45) is 11.8 Å². The maximum atomic E-state index is 12.2. The Labute approximate surface area is 112 Å². The van der Waals surface area contributed by atoms with Crippen LogP contribution in [0.5, 0.6) is 0 Å². The van der Waals surface area contributed by atoms with E-state index in [4.69, 9.17) is 0 Å². The van der Waals surface area contributed by atoms with Crippen molar-refractivity contribution < 1.29 is 4.79 Å². The van der Waals surface area contributed by atoms with Crippen LogP contribution in [0, 0.1) is 11.8 Å². The van der Waals surface area contributed by atoms with Crippen LogP contribution in [0.4, 0.5) is 0 Å². The molecule has 0 spiro atoms. The lowest BCUT2D eigenvalue weighted by Gasteiger charge is -2.25. The van der Waals surface area contributed by atoms with Crippen LogP contribution < -0.4 is 0 Å². The number of carbonyl (C=O) groups is 1. The highest BCUT2D eigenvalue weighted by molar-refractivity contribution is 9.10. The molecule has 0 saturated heterocycles. The van der Waals surface area contributed by atoms with Gasteiger partial charge >= 0.3 is 0 Å². The van der Waals surface area contributed by atoms with E-state index in [0.717, 1.165) is 28.8 Å². The summed E-state index contributed by atoms with van der Waals surface area (Å²) in [6.07, 6.45) is 5.21. The first-order valence-electron chi connectivity index (χ1n) is 6.42. The van der Waals surface area contributed by atoms with Gasteiger partial charge in [0.25, 0.3) is 0 Å². The maximum absolute atomic E-state index is 12.2. The molecule has 0 aliphatic heterocycles. The van der Waals surface area contributed by atoms with Crippen LogP contribution in [0.2, 0.25) is 0 Å². The Kier molecular flexibility index (Phi) is 4.38. The van der Waals surface area contributed by atoms with Crippen LogP contribution in [-0.4, -0.2) is 5.78 Å². The monoisotopic (exact) mass is 294 g/mol. The number of hydrogen-bond donors (Lipinski definition) is 0. The van der Waals surface area contributed by atoms with E-state index in [1.807, 2.05) is 24.3 Å². The van der Waals surface area contributed by atoms with Crippen LogP contribution >= 0.6 is 15.9 Å². The van der Waals surface area contributed by atoms with Crippen LogP contribution in [-0.2, 0) is 11.2 Å². The first kappa shape index (κ1) is 12.8. The molecular weight excluding hydrogens is 276 g/mol. The molecule has 1 saturated carbocycles. The molecule has 0 aromatic heterocycles. The quantitative estimate of drug-likeness (QED) is 0.808. The predicted octanol–water partition coefficient (Wildman–Crippen LogP) is 4.39. The summed E-state index contributed by atoms with van der Waals surface area (Å²) in [6, 6.07) is 8.07. The molecule has 17 heavy (non-hydrogen) atoms. The van der Waals surface area contributed by atoms with Gasteiger partial charge in [0.1, 0.15) is 5.78 Å². The third-order valence-corrected chi connectivity index (χ3v) is 4.23. The molecule has 0 N–H and O–H groups in total. The highest BCUT2D eigenvalue weighted by Crippen LogP contribution is 2.29. The van der Waals surface area contributed by atoms with Crippen LogP contribution in [0.1, 0.15) is 38.2 Å². The molecule has 0 unspecified atom stereocenters. The first-order chi connectivity index (χ1) is 8.15. The fraction of sp³-hybridized carbons (Fsp3) is 0.533. The Morgan fingerprint density at radius 2 is 2.00 bits per heavy atom. The number of benzene rings is 1. The van der Waals surface area contributed by atoms with Crippen LogP contribution in [0.15, 0.2) is 28.7 Å². The van der Waals surface area contributed by atoms with Gasteiger partial charge in [-0.1, -0.05) is 47.8 Å². The molecule has 2 heteroatoms. The number of halogens is 1. The molecule has 0 radical (unpaired) electrons. The van der Waals surface area contributed by atoms with E-state index >= 15 is 0 Å². The van der Waals surface area contributed by atoms with Gasteiger partial charge in [-0.15, -0.1) is 0 Å². The molecule has 1 aromatic carbocycles. The van der Waals surface area contributed by atoms with Gasteiger partial charge in [0.05, 0.1) is 0 Å². The lowest BCUT2D eigenvalue weighted by molar-refractivity contribution is -0.123. The SMILES string of the molecule is CC1CCC(C(=O)Cc2cccc(Br)c2)CC1. The molecule has 92 valence electrons. The molecule has 0 atom stereocenters. The summed E-state index contributed by atoms with van der Waals surface area (Å²) < 4.78 is 1.06. The number of carbonyl (C=O) groups excluding carboxylic acids is 1. The van der Waals surface area contributed by atoms with E-state index in [2.05, 4.69) is 22.9 Å². The van der Waals surface area contributed by atoms with E-state index in [1.54, 1.807) is 0 Å². The van der Waals surface area contributed by atoms with E-state index in [0.29, 0.717) is 18.1 Å². The second-order valence-corrected chi connectivity index (χ2v) is 6.15. The molecule has 1 aromatic rings. The number of Topliss-reactive ketones (excluding diaryl/α,β-unsaturated/α-hetero) is 1. The summed E-state index contributed by atoms with van der Waals surface area (Å²) in [7, 11) is 0. The first-order valence-corrected chi connectivity index (χ1v) is 7.21. The molecule has 1 fully saturated rings. The second kappa shape index (κ2) is 5.81. The van der Waals surface area contributed by atoms with Gasteiger partial charge in [-0.25, -0.2) is 0 Å². The standard InChI is InChI=1S/C15H19BrO/c1-11-5-7-13(8-6-11)15(17)10-12-3-2-4-14(16)9-12/h2-4,9,11,13H,5-8,10H2,1H3. The minimum absolute atomic E-state index is 0.310. The van der Waals surface area contributed by atoms with Crippen molar-refractivity contribution >= 4 is 21.7 Å². The second-order valence-electron chi connectivity index (χ2n) is 5.23. The zero-order chi connectivity index (χ0) is 12.3. The van der Waals surface area contributed by atoms with Crippen molar-refractivity contribution in [2.75, 3.05) is 0 Å². The number of rotatable bonds is 3. The average molecular weight is 295 g/mol. The minimum Gasteiger partial charge on any atom is -0.299 e. The molecule has 1 aliphatic carbocycles. The Balaban J connectivity index is 1.93. The molecule has 1 aliphatic rings. The molecule has 0 bridgehead atoms. The van der Waals surface area contributed by atoms with Crippen molar-refractivity contribution in [1.82, 2.24) is 0 Å². The summed E-state index contributed by atoms with van der Waals surface area (Å²) in [5.41, 5.74) is 1.13. The average Bonchev–Trinajstić information content (AvgIpc) is 2.29. The topological polar surface area (TPSA) is 17.1 Å². The van der Waals surface area contributed by atoms with Gasteiger partial charge in [-0.2, -0.15) is 0 Å². The van der Waals surface area contributed by atoms with Gasteiger partial charge in [-0.05, 0) is 36.5 Å². The Morgan fingerprint density at radius 1 is 1.29 bits per heavy atom. The Bertz CT molecular complexity index is 392. The van der Waals surface area contributed by atoms with Crippen LogP contribution in [0.25, 0.3) is 0 Å². The summed E-state index contributed by atoms with van der Waals surface area (Å²) in [5.74, 6) is 1.55. The van der Waals surface area contributed by atoms with Gasteiger partial charge in [0.15, 0.2) is 0 Å². The van der Waals surface area contributed by atoms with E-state index in [1.165, 1.54) is 12.8 Å². The van der Waals surface area contributed by atoms with Crippen molar-refractivity contribution in [2.45, 2.75) is 39.0 Å². The molecule has 2 rings (SSSR count). The smallest absolute Gasteiger partial charge is 0.140 e. The molecule has 0 amide bonds. The predicted molar refractivity (Wildman–Crippen MR) is 74.0 cm³/mol. The largest absolute Gasteiger partial charge is 0.299 e. The van der Waals surface area contributed by atoms with E-state index in [-0.39, 0.29) is 0 Å². The number of hydrogen-bond acceptors (Lipinski definition) is 1. The highest BCUT2D eigenvalue weighted by Gasteiger charge is 2.23. The molecule has 1 nitrogen and oxygen atoms in total. The van der Waals surface area contributed by atoms with E-state index < -0.39 is 0 Å². The van der Waals surface area contributed by atoms with E-state index in [9.17, 15) is 4.79 Å². The highest BCUT2D eigenvalue weighted by atomic mass is 79.9. The summed E-state index contributed by atoms with van der Waals surface area (Å²) in [5, 5.41) is 0. The van der Waals surface area contributed by atoms with Crippen molar-refractivity contribution in [3.63, 3.8) is 0 Å². The Hall–Kier alpha value is -0.630. The lowest BCUT2D eigenvalue weighted by Crippen LogP contribution is -2.22. The van der Waals surface area contributed by atoms with Crippen LogP contribution in [0.3, 0.4) is 0 Å². The zero-order valence-electron chi connectivity index (χ0n) is 10.3. The summed E-state index contributed by atoms with van der Waals surface area (Å²) in [4.78, 5) is 12.2. The normalized spacial score (nSPS) is 24.6. The van der Waals surface area contributed by atoms with Gasteiger partial charge in [-0.3, -0.25) is 4.79 Å². The van der Waals surface area contributed by atoms with Crippen molar-refractivity contribution in [1.29, 1.82) is 0 Å². The Morgan fingerprint density at radius 3 is 2.65 bits per heavy atom.